The van der Waals surface area contributed by atoms with Gasteiger partial charge in [0.2, 0.25) is 5.13 Å². The van der Waals surface area contributed by atoms with Gasteiger partial charge in [0, 0.05) is 23.8 Å². The Balaban J connectivity index is 2.35. The van der Waals surface area contributed by atoms with Crippen molar-refractivity contribution < 1.29 is 0 Å². The molecule has 2 N–H and O–H groups in total. The smallest absolute Gasteiger partial charge is 0.210 e. The van der Waals surface area contributed by atoms with Crippen molar-refractivity contribution in [2.45, 2.75) is 6.54 Å². The maximum Gasteiger partial charge on any atom is 0.210 e. The van der Waals surface area contributed by atoms with Gasteiger partial charge in [-0.3, -0.25) is 0 Å². The summed E-state index contributed by atoms with van der Waals surface area (Å²) < 4.78 is 2.85. The van der Waals surface area contributed by atoms with E-state index in [0.717, 1.165) is 13.6 Å². The molecule has 0 fully saturated rings. The molecule has 0 aliphatic heterocycles. The second-order valence-corrected chi connectivity index (χ2v) is 4.76. The minimum Gasteiger partial charge on any atom is -0.326 e. The third kappa shape index (κ3) is 1.89. The second kappa shape index (κ2) is 3.72. The van der Waals surface area contributed by atoms with Crippen LogP contribution in [0.2, 0.25) is 0 Å². The molecule has 2 heterocycles. The minimum absolute atomic E-state index is 0.538. The van der Waals surface area contributed by atoms with Crippen molar-refractivity contribution in [1.29, 1.82) is 0 Å². The van der Waals surface area contributed by atoms with Crippen LogP contribution in [0.25, 0.3) is 5.13 Å². The third-order valence-corrected chi connectivity index (χ3v) is 3.06. The van der Waals surface area contributed by atoms with Crippen molar-refractivity contribution in [3.8, 4) is 5.13 Å². The Morgan fingerprint density at radius 3 is 2.92 bits per heavy atom. The summed E-state index contributed by atoms with van der Waals surface area (Å²) in [6, 6.07) is 0. The van der Waals surface area contributed by atoms with Crippen LogP contribution < -0.4 is 5.73 Å². The maximum absolute atomic E-state index is 5.49. The van der Waals surface area contributed by atoms with Gasteiger partial charge >= 0.3 is 0 Å². The molecule has 13 heavy (non-hydrogen) atoms. The summed E-state index contributed by atoms with van der Waals surface area (Å²) >= 11 is 3.77. The maximum atomic E-state index is 5.49. The first kappa shape index (κ1) is 9.10. The highest BCUT2D eigenvalue weighted by Crippen LogP contribution is 2.16. The Kier molecular flexibility index (Phi) is 2.61. The van der Waals surface area contributed by atoms with E-state index in [-0.39, 0.29) is 0 Å². The summed E-state index contributed by atoms with van der Waals surface area (Å²) in [6.45, 7) is 0.538. The van der Waals surface area contributed by atoms with Gasteiger partial charge in [-0.2, -0.15) is 5.10 Å². The predicted octanol–water partition coefficient (Wildman–Crippen LogP) is 1.39. The van der Waals surface area contributed by atoms with E-state index in [1.165, 1.54) is 0 Å². The van der Waals surface area contributed by atoms with Crippen LogP contribution in [0.4, 0.5) is 0 Å². The average molecular weight is 306 g/mol. The predicted molar refractivity (Wildman–Crippen MR) is 59.8 cm³/mol. The lowest BCUT2D eigenvalue weighted by molar-refractivity contribution is 0.869. The number of rotatable bonds is 2. The Morgan fingerprint density at radius 2 is 2.38 bits per heavy atom. The quantitative estimate of drug-likeness (QED) is 0.853. The molecule has 0 spiro atoms. The highest BCUT2D eigenvalue weighted by atomic mass is 127. The molecule has 0 radical (unpaired) electrons. The summed E-state index contributed by atoms with van der Waals surface area (Å²) in [5.74, 6) is 0. The number of hydrogen-bond donors (Lipinski definition) is 1. The fraction of sp³-hybridized carbons (Fsp3) is 0.143. The van der Waals surface area contributed by atoms with Crippen LogP contribution >= 0.6 is 33.9 Å². The summed E-state index contributed by atoms with van der Waals surface area (Å²) in [5, 5.41) is 5.01. The van der Waals surface area contributed by atoms with Crippen LogP contribution in [0.5, 0.6) is 0 Å². The average Bonchev–Trinajstić information content (AvgIpc) is 2.71. The SMILES string of the molecule is NCc1cnc(-n2cc(I)cn2)s1. The zero-order chi connectivity index (χ0) is 9.26. The van der Waals surface area contributed by atoms with Gasteiger partial charge in [0.05, 0.1) is 9.77 Å². The second-order valence-electron chi connectivity index (χ2n) is 2.42. The first-order valence-electron chi connectivity index (χ1n) is 3.65. The van der Waals surface area contributed by atoms with E-state index < -0.39 is 0 Å². The first-order chi connectivity index (χ1) is 6.29. The number of halogens is 1. The topological polar surface area (TPSA) is 56.7 Å². The Labute approximate surface area is 92.9 Å². The van der Waals surface area contributed by atoms with E-state index in [4.69, 9.17) is 5.73 Å². The number of thiazole rings is 1. The van der Waals surface area contributed by atoms with Gasteiger partial charge in [-0.1, -0.05) is 11.3 Å². The highest BCUT2D eigenvalue weighted by molar-refractivity contribution is 14.1. The third-order valence-electron chi connectivity index (χ3n) is 1.49. The lowest BCUT2D eigenvalue weighted by Gasteiger charge is -1.91. The van der Waals surface area contributed by atoms with Crippen LogP contribution in [-0.2, 0) is 6.54 Å². The van der Waals surface area contributed by atoms with Gasteiger partial charge in [-0.15, -0.1) is 0 Å². The molecule has 0 amide bonds. The molecule has 0 saturated carbocycles. The van der Waals surface area contributed by atoms with Crippen molar-refractivity contribution in [2.75, 3.05) is 0 Å². The summed E-state index contributed by atoms with van der Waals surface area (Å²) in [5.41, 5.74) is 5.49. The molecule has 0 aliphatic carbocycles. The first-order valence-corrected chi connectivity index (χ1v) is 5.54. The van der Waals surface area contributed by atoms with Gasteiger partial charge < -0.3 is 5.73 Å². The molecule has 6 heteroatoms. The van der Waals surface area contributed by atoms with Crippen LogP contribution in [0.1, 0.15) is 4.88 Å². The van der Waals surface area contributed by atoms with Gasteiger partial charge in [-0.25, -0.2) is 9.67 Å². The molecule has 0 aromatic carbocycles. The zero-order valence-corrected chi connectivity index (χ0v) is 9.62. The van der Waals surface area contributed by atoms with Crippen molar-refractivity contribution in [3.05, 3.63) is 27.0 Å². The van der Waals surface area contributed by atoms with E-state index in [1.807, 2.05) is 6.20 Å². The number of nitrogens with two attached hydrogens (primary N) is 1. The molecule has 2 rings (SSSR count). The highest BCUT2D eigenvalue weighted by Gasteiger charge is 2.03. The molecule has 0 atom stereocenters. The molecule has 2 aromatic rings. The van der Waals surface area contributed by atoms with E-state index in [1.54, 1.807) is 28.4 Å². The van der Waals surface area contributed by atoms with E-state index in [0.29, 0.717) is 6.54 Å². The van der Waals surface area contributed by atoms with Crippen LogP contribution in [0, 0.1) is 3.57 Å². The van der Waals surface area contributed by atoms with Crippen LogP contribution in [0.3, 0.4) is 0 Å². The van der Waals surface area contributed by atoms with Gasteiger partial charge in [0.15, 0.2) is 0 Å². The largest absolute Gasteiger partial charge is 0.326 e. The lowest BCUT2D eigenvalue weighted by Crippen LogP contribution is -1.92. The van der Waals surface area contributed by atoms with Crippen molar-refractivity contribution in [1.82, 2.24) is 14.8 Å². The lowest BCUT2D eigenvalue weighted by atomic mass is 10.6. The van der Waals surface area contributed by atoms with E-state index in [9.17, 15) is 0 Å². The van der Waals surface area contributed by atoms with E-state index >= 15 is 0 Å². The normalized spacial score (nSPS) is 10.6. The molecular weight excluding hydrogens is 299 g/mol. The summed E-state index contributed by atoms with van der Waals surface area (Å²) in [4.78, 5) is 5.28. The monoisotopic (exact) mass is 306 g/mol. The van der Waals surface area contributed by atoms with Gasteiger partial charge in [-0.05, 0) is 22.6 Å². The fourth-order valence-electron chi connectivity index (χ4n) is 0.903. The molecule has 0 unspecified atom stereocenters. The molecule has 4 nitrogen and oxygen atoms in total. The Bertz CT molecular complexity index is 408. The fourth-order valence-corrected chi connectivity index (χ4v) is 2.01. The number of hydrogen-bond acceptors (Lipinski definition) is 4. The van der Waals surface area contributed by atoms with E-state index in [2.05, 4.69) is 32.7 Å². The standard InChI is InChI=1S/C7H7IN4S/c8-5-2-11-12(4-5)7-10-3-6(1-9)13-7/h2-4H,1,9H2. The molecule has 0 saturated heterocycles. The Hall–Kier alpha value is -0.470. The molecular formula is C7H7IN4S. The summed E-state index contributed by atoms with van der Waals surface area (Å²) in [7, 11) is 0. The number of aromatic nitrogens is 3. The minimum atomic E-state index is 0.538. The summed E-state index contributed by atoms with van der Waals surface area (Å²) in [6.07, 6.45) is 5.51. The molecule has 2 aromatic heterocycles. The van der Waals surface area contributed by atoms with Crippen molar-refractivity contribution >= 4 is 33.9 Å². The van der Waals surface area contributed by atoms with Crippen LogP contribution in [-0.4, -0.2) is 14.8 Å². The van der Waals surface area contributed by atoms with Gasteiger partial charge in [0.1, 0.15) is 0 Å². The van der Waals surface area contributed by atoms with Crippen molar-refractivity contribution in [3.63, 3.8) is 0 Å². The Morgan fingerprint density at radius 1 is 1.54 bits per heavy atom. The van der Waals surface area contributed by atoms with Gasteiger partial charge in [0.25, 0.3) is 0 Å². The van der Waals surface area contributed by atoms with Crippen LogP contribution in [0.15, 0.2) is 18.6 Å². The molecule has 0 aliphatic rings. The van der Waals surface area contributed by atoms with Crippen molar-refractivity contribution in [2.24, 2.45) is 5.73 Å². The number of nitrogens with zero attached hydrogens (tertiary/aromatic N) is 3. The molecule has 0 bridgehead atoms. The zero-order valence-electron chi connectivity index (χ0n) is 6.64. The molecule has 68 valence electrons.